The molecular formula is C19H24ClF3O5. The first-order valence-electron chi connectivity index (χ1n) is 8.84. The van der Waals surface area contributed by atoms with Gasteiger partial charge >= 0.3 is 18.1 Å². The molecule has 9 heteroatoms. The van der Waals surface area contributed by atoms with Gasteiger partial charge in [-0.2, -0.15) is 13.2 Å². The molecule has 0 aromatic heterocycles. The highest BCUT2D eigenvalue weighted by Gasteiger charge is 2.64. The summed E-state index contributed by atoms with van der Waals surface area (Å²) < 4.78 is 56.3. The number of benzene rings is 1. The second kappa shape index (κ2) is 10.7. The minimum atomic E-state index is -5.15. The minimum Gasteiger partial charge on any atom is -0.463 e. The third-order valence-corrected chi connectivity index (χ3v) is 4.54. The number of esters is 2. The molecule has 1 aromatic rings. The number of alkyl halides is 4. The zero-order valence-electron chi connectivity index (χ0n) is 15.9. The van der Waals surface area contributed by atoms with Crippen LogP contribution in [0.4, 0.5) is 13.2 Å². The van der Waals surface area contributed by atoms with Crippen molar-refractivity contribution in [2.75, 3.05) is 13.7 Å². The summed E-state index contributed by atoms with van der Waals surface area (Å²) in [6.07, 6.45) is -5.26. The number of carbonyl (C=O) groups excluding carboxylic acids is 2. The maximum Gasteiger partial charge on any atom is 0.432 e. The van der Waals surface area contributed by atoms with E-state index in [-0.39, 0.29) is 13.0 Å². The van der Waals surface area contributed by atoms with Crippen LogP contribution in [-0.2, 0) is 29.4 Å². The first-order chi connectivity index (χ1) is 13.2. The Kier molecular flexibility index (Phi) is 9.23. The first-order valence-corrected chi connectivity index (χ1v) is 9.28. The van der Waals surface area contributed by atoms with Crippen molar-refractivity contribution < 1.29 is 37.0 Å². The Hall–Kier alpha value is -1.80. The van der Waals surface area contributed by atoms with Gasteiger partial charge in [-0.3, -0.25) is 0 Å². The van der Waals surface area contributed by atoms with Gasteiger partial charge in [-0.05, 0) is 13.3 Å². The van der Waals surface area contributed by atoms with E-state index in [4.69, 9.17) is 21.1 Å². The highest BCUT2D eigenvalue weighted by atomic mass is 35.5. The molecule has 1 rings (SSSR count). The van der Waals surface area contributed by atoms with E-state index in [2.05, 4.69) is 4.74 Å². The van der Waals surface area contributed by atoms with E-state index in [0.717, 1.165) is 25.7 Å². The van der Waals surface area contributed by atoms with Crippen LogP contribution in [0.3, 0.4) is 0 Å². The summed E-state index contributed by atoms with van der Waals surface area (Å²) in [6, 6.07) is 6.33. The largest absolute Gasteiger partial charge is 0.463 e. The highest BCUT2D eigenvalue weighted by Crippen LogP contribution is 2.43. The van der Waals surface area contributed by atoms with Gasteiger partial charge in [0, 0.05) is 12.7 Å². The second-order valence-corrected chi connectivity index (χ2v) is 6.55. The van der Waals surface area contributed by atoms with Crippen LogP contribution < -0.4 is 0 Å². The highest BCUT2D eigenvalue weighted by molar-refractivity contribution is 6.22. The van der Waals surface area contributed by atoms with Gasteiger partial charge in [-0.1, -0.05) is 50.1 Å². The van der Waals surface area contributed by atoms with Crippen LogP contribution in [0.2, 0.25) is 0 Å². The minimum absolute atomic E-state index is 0.0440. The Labute approximate surface area is 167 Å². The number of halogens is 4. The molecule has 5 nitrogen and oxygen atoms in total. The van der Waals surface area contributed by atoms with Crippen LogP contribution in [0.15, 0.2) is 30.3 Å². The number of hydrogen-bond donors (Lipinski definition) is 0. The van der Waals surface area contributed by atoms with E-state index in [1.165, 1.54) is 25.1 Å². The van der Waals surface area contributed by atoms with Gasteiger partial charge in [0.15, 0.2) is 0 Å². The van der Waals surface area contributed by atoms with E-state index in [1.807, 2.05) is 6.92 Å². The second-order valence-electron chi connectivity index (χ2n) is 5.99. The molecule has 0 aliphatic heterocycles. The zero-order chi connectivity index (χ0) is 21.4. The fourth-order valence-electron chi connectivity index (χ4n) is 2.63. The average Bonchev–Trinajstić information content (AvgIpc) is 2.65. The molecule has 28 heavy (non-hydrogen) atoms. The Morgan fingerprint density at radius 1 is 1.14 bits per heavy atom. The Morgan fingerprint density at radius 3 is 2.21 bits per heavy atom. The van der Waals surface area contributed by atoms with E-state index < -0.39 is 40.8 Å². The number of ether oxygens (including phenoxy) is 3. The standard InChI is InChI=1S/C19H24ClF3O5/c1-4-6-12-14(20)15(16(24)27-5-2)28-17(25)18(26-3,19(21,22)23)13-10-8-7-9-11-13/h7-11,14-15H,4-6,12H2,1-3H3/t14-,15+,18?/m0/s1. The van der Waals surface area contributed by atoms with Crippen LogP contribution in [0.5, 0.6) is 0 Å². The molecule has 0 fully saturated rings. The quantitative estimate of drug-likeness (QED) is 0.412. The molecule has 0 heterocycles. The van der Waals surface area contributed by atoms with E-state index in [9.17, 15) is 22.8 Å². The zero-order valence-corrected chi connectivity index (χ0v) is 16.7. The molecule has 3 atom stereocenters. The molecule has 0 spiro atoms. The van der Waals surface area contributed by atoms with Crippen molar-refractivity contribution >= 4 is 23.5 Å². The lowest BCUT2D eigenvalue weighted by molar-refractivity contribution is -0.278. The first kappa shape index (κ1) is 24.2. The number of rotatable bonds is 10. The third kappa shape index (κ3) is 5.38. The summed E-state index contributed by atoms with van der Waals surface area (Å²) in [6.45, 7) is 3.35. The summed E-state index contributed by atoms with van der Waals surface area (Å²) in [5.41, 5.74) is -3.88. The van der Waals surface area contributed by atoms with Crippen LogP contribution in [-0.4, -0.2) is 43.3 Å². The molecule has 0 saturated heterocycles. The lowest BCUT2D eigenvalue weighted by Crippen LogP contribution is -2.54. The van der Waals surface area contributed by atoms with Crippen molar-refractivity contribution in [2.24, 2.45) is 0 Å². The molecule has 1 aromatic carbocycles. The molecule has 0 aliphatic carbocycles. The van der Waals surface area contributed by atoms with Crippen LogP contribution in [0.25, 0.3) is 0 Å². The molecule has 0 radical (unpaired) electrons. The van der Waals surface area contributed by atoms with Crippen LogP contribution in [0, 0.1) is 0 Å². The fourth-order valence-corrected chi connectivity index (χ4v) is 2.94. The monoisotopic (exact) mass is 424 g/mol. The SMILES string of the molecule is CCCC[C@H](Cl)[C@@H](OC(=O)C(OC)(c1ccccc1)C(F)(F)F)C(=O)OCC. The van der Waals surface area contributed by atoms with Gasteiger partial charge < -0.3 is 14.2 Å². The topological polar surface area (TPSA) is 61.8 Å². The van der Waals surface area contributed by atoms with Gasteiger partial charge in [0.25, 0.3) is 5.60 Å². The maximum atomic E-state index is 13.9. The summed E-state index contributed by atoms with van der Waals surface area (Å²) >= 11 is 6.15. The number of carbonyl (C=O) groups is 2. The van der Waals surface area contributed by atoms with Crippen molar-refractivity contribution in [1.29, 1.82) is 0 Å². The molecule has 1 unspecified atom stereocenters. The lowest BCUT2D eigenvalue weighted by atomic mass is 9.92. The molecular weight excluding hydrogens is 401 g/mol. The van der Waals surface area contributed by atoms with Crippen molar-refractivity contribution in [3.05, 3.63) is 35.9 Å². The van der Waals surface area contributed by atoms with Gasteiger partial charge in [-0.25, -0.2) is 9.59 Å². The third-order valence-electron chi connectivity index (χ3n) is 4.09. The van der Waals surface area contributed by atoms with Gasteiger partial charge in [0.2, 0.25) is 6.10 Å². The molecule has 0 bridgehead atoms. The van der Waals surface area contributed by atoms with Crippen molar-refractivity contribution in [3.63, 3.8) is 0 Å². The van der Waals surface area contributed by atoms with Gasteiger partial charge in [-0.15, -0.1) is 11.6 Å². The van der Waals surface area contributed by atoms with Crippen LogP contribution >= 0.6 is 11.6 Å². The summed E-state index contributed by atoms with van der Waals surface area (Å²) in [4.78, 5) is 24.9. The maximum absolute atomic E-state index is 13.9. The van der Waals surface area contributed by atoms with Crippen molar-refractivity contribution in [2.45, 2.75) is 56.4 Å². The summed E-state index contributed by atoms with van der Waals surface area (Å²) in [5, 5.41) is -1.04. The molecule has 0 N–H and O–H groups in total. The Balaban J connectivity index is 3.30. The van der Waals surface area contributed by atoms with Crippen LogP contribution in [0.1, 0.15) is 38.7 Å². The fraction of sp³-hybridized carbons (Fsp3) is 0.579. The number of unbranched alkanes of at least 4 members (excludes halogenated alkanes) is 1. The average molecular weight is 425 g/mol. The molecule has 158 valence electrons. The number of hydrogen-bond acceptors (Lipinski definition) is 5. The van der Waals surface area contributed by atoms with Gasteiger partial charge in [0.05, 0.1) is 12.0 Å². The van der Waals surface area contributed by atoms with Crippen molar-refractivity contribution in [1.82, 2.24) is 0 Å². The number of methoxy groups -OCH3 is 1. The summed E-state index contributed by atoms with van der Waals surface area (Å²) in [7, 11) is 0.746. The van der Waals surface area contributed by atoms with E-state index in [0.29, 0.717) is 6.42 Å². The normalized spacial score (nSPS) is 16.0. The predicted octanol–water partition coefficient (Wildman–Crippen LogP) is 4.36. The Bertz CT molecular complexity index is 638. The summed E-state index contributed by atoms with van der Waals surface area (Å²) in [5.74, 6) is -2.79. The predicted molar refractivity (Wildman–Crippen MR) is 96.9 cm³/mol. The lowest BCUT2D eigenvalue weighted by Gasteiger charge is -2.34. The Morgan fingerprint density at radius 2 is 1.75 bits per heavy atom. The van der Waals surface area contributed by atoms with Crippen molar-refractivity contribution in [3.8, 4) is 0 Å². The van der Waals surface area contributed by atoms with Gasteiger partial charge in [0.1, 0.15) is 0 Å². The molecule has 0 amide bonds. The van der Waals surface area contributed by atoms with E-state index >= 15 is 0 Å². The van der Waals surface area contributed by atoms with E-state index in [1.54, 1.807) is 0 Å². The molecule has 0 saturated carbocycles. The molecule has 0 aliphatic rings. The smallest absolute Gasteiger partial charge is 0.432 e.